The third-order valence-electron chi connectivity index (χ3n) is 3.14. The van der Waals surface area contributed by atoms with E-state index >= 15 is 0 Å². The molecule has 2 aromatic rings. The molecule has 1 aliphatic rings. The van der Waals surface area contributed by atoms with Gasteiger partial charge in [0.1, 0.15) is 5.15 Å². The number of fused-ring (bicyclic) bond motifs is 1. The molecule has 10 heteroatoms. The first-order valence-electron chi connectivity index (χ1n) is 5.87. The van der Waals surface area contributed by atoms with E-state index in [1.54, 1.807) is 7.05 Å². The second kappa shape index (κ2) is 4.48. The van der Waals surface area contributed by atoms with Crippen LogP contribution in [0.5, 0.6) is 0 Å². The van der Waals surface area contributed by atoms with Crippen LogP contribution >= 0.6 is 11.6 Å². The third kappa shape index (κ3) is 1.93. The minimum absolute atomic E-state index is 0.154. The van der Waals surface area contributed by atoms with Crippen LogP contribution in [0.15, 0.2) is 6.20 Å². The average Bonchev–Trinajstić information content (AvgIpc) is 2.90. The number of amides is 4. The number of aromatic nitrogens is 4. The van der Waals surface area contributed by atoms with Gasteiger partial charge in [-0.25, -0.2) is 19.7 Å². The Morgan fingerprint density at radius 1 is 1.14 bits per heavy atom. The maximum Gasteiger partial charge on any atom is 0.334 e. The van der Waals surface area contributed by atoms with Gasteiger partial charge in [0, 0.05) is 14.1 Å². The van der Waals surface area contributed by atoms with Crippen LogP contribution in [0.25, 0.3) is 11.0 Å². The van der Waals surface area contributed by atoms with E-state index in [0.29, 0.717) is 11.0 Å². The first kappa shape index (κ1) is 13.4. The fraction of sp³-hybridized carbons (Fsp3) is 0.273. The zero-order valence-electron chi connectivity index (χ0n) is 11.1. The zero-order valence-corrected chi connectivity index (χ0v) is 11.8. The van der Waals surface area contributed by atoms with E-state index in [-0.39, 0.29) is 17.5 Å². The van der Waals surface area contributed by atoms with E-state index in [9.17, 15) is 14.4 Å². The number of nitrogens with zero attached hydrogens (tertiary/aromatic N) is 6. The highest BCUT2D eigenvalue weighted by molar-refractivity contribution is 6.44. The number of carbonyl (C=O) groups excluding carboxylic acids is 3. The molecule has 1 aliphatic heterocycles. The summed E-state index contributed by atoms with van der Waals surface area (Å²) in [6.45, 7) is -0.228. The van der Waals surface area contributed by atoms with Gasteiger partial charge in [-0.1, -0.05) is 11.6 Å². The van der Waals surface area contributed by atoms with Gasteiger partial charge in [0.25, 0.3) is 0 Å². The van der Waals surface area contributed by atoms with Crippen LogP contribution in [-0.4, -0.2) is 54.4 Å². The lowest BCUT2D eigenvalue weighted by Gasteiger charge is -2.11. The quantitative estimate of drug-likeness (QED) is 0.437. The molecule has 2 aromatic heterocycles. The summed E-state index contributed by atoms with van der Waals surface area (Å²) in [5.74, 6) is -1.64. The smallest absolute Gasteiger partial charge is 0.263 e. The largest absolute Gasteiger partial charge is 0.334 e. The van der Waals surface area contributed by atoms with Gasteiger partial charge in [-0.05, 0) is 0 Å². The molecule has 0 radical (unpaired) electrons. The lowest BCUT2D eigenvalue weighted by Crippen LogP contribution is -2.31. The number of rotatable bonds is 2. The number of halogens is 1. The molecule has 3 heterocycles. The maximum atomic E-state index is 11.8. The SMILES string of the molecule is CN1C(=O)C(=O)N(Cc2nc(Cl)c3cnn(C)c3n2)C1=O. The monoisotopic (exact) mass is 308 g/mol. The number of hydrogen-bond acceptors (Lipinski definition) is 6. The van der Waals surface area contributed by atoms with Gasteiger partial charge in [0.2, 0.25) is 0 Å². The lowest BCUT2D eigenvalue weighted by molar-refractivity contribution is -0.143. The first-order valence-corrected chi connectivity index (χ1v) is 6.25. The summed E-state index contributed by atoms with van der Waals surface area (Å²) in [7, 11) is 2.92. The Morgan fingerprint density at radius 2 is 1.86 bits per heavy atom. The molecule has 0 aromatic carbocycles. The van der Waals surface area contributed by atoms with Crippen molar-refractivity contribution in [3.63, 3.8) is 0 Å². The van der Waals surface area contributed by atoms with Crippen molar-refractivity contribution in [2.24, 2.45) is 7.05 Å². The highest BCUT2D eigenvalue weighted by Gasteiger charge is 2.42. The van der Waals surface area contributed by atoms with Crippen molar-refractivity contribution < 1.29 is 14.4 Å². The molecule has 4 amide bonds. The minimum Gasteiger partial charge on any atom is -0.263 e. The summed E-state index contributed by atoms with van der Waals surface area (Å²) in [5, 5.41) is 4.74. The number of imide groups is 2. The normalized spacial score (nSPS) is 15.7. The van der Waals surface area contributed by atoms with Crippen molar-refractivity contribution in [3.05, 3.63) is 17.2 Å². The molecule has 0 atom stereocenters. The number of aryl methyl sites for hydroxylation is 1. The van der Waals surface area contributed by atoms with Crippen molar-refractivity contribution in [3.8, 4) is 0 Å². The van der Waals surface area contributed by atoms with Crippen LogP contribution in [0, 0.1) is 0 Å². The van der Waals surface area contributed by atoms with Crippen molar-refractivity contribution in [2.75, 3.05) is 7.05 Å². The molecule has 1 saturated heterocycles. The summed E-state index contributed by atoms with van der Waals surface area (Å²) >= 11 is 6.02. The molecule has 9 nitrogen and oxygen atoms in total. The molecule has 0 aliphatic carbocycles. The molecule has 21 heavy (non-hydrogen) atoms. The summed E-state index contributed by atoms with van der Waals surface area (Å²) in [4.78, 5) is 44.7. The topological polar surface area (TPSA) is 101 Å². The Morgan fingerprint density at radius 3 is 2.48 bits per heavy atom. The lowest BCUT2D eigenvalue weighted by atomic mass is 10.4. The fourth-order valence-corrected chi connectivity index (χ4v) is 2.23. The highest BCUT2D eigenvalue weighted by Crippen LogP contribution is 2.20. The summed E-state index contributed by atoms with van der Waals surface area (Å²) in [6.07, 6.45) is 1.52. The number of carbonyl (C=O) groups is 3. The maximum absolute atomic E-state index is 11.8. The van der Waals surface area contributed by atoms with E-state index in [1.807, 2.05) is 0 Å². The van der Waals surface area contributed by atoms with Gasteiger partial charge in [0.05, 0.1) is 18.1 Å². The Labute approximate surface area is 123 Å². The van der Waals surface area contributed by atoms with E-state index in [2.05, 4.69) is 15.1 Å². The molecular weight excluding hydrogens is 300 g/mol. The predicted octanol–water partition coefficient (Wildman–Crippen LogP) is -0.0627. The van der Waals surface area contributed by atoms with E-state index in [1.165, 1.54) is 17.9 Å². The zero-order chi connectivity index (χ0) is 15.3. The number of likely N-dealkylation sites (N-methyl/N-ethyl adjacent to an activating group) is 1. The Hall–Kier alpha value is -2.55. The number of hydrogen-bond donors (Lipinski definition) is 0. The summed E-state index contributed by atoms with van der Waals surface area (Å²) in [5.41, 5.74) is 0.476. The van der Waals surface area contributed by atoms with Crippen LogP contribution < -0.4 is 0 Å². The van der Waals surface area contributed by atoms with Gasteiger partial charge in [-0.3, -0.25) is 19.2 Å². The van der Waals surface area contributed by atoms with Crippen LogP contribution in [0.1, 0.15) is 5.82 Å². The Bertz CT molecular complexity index is 801. The highest BCUT2D eigenvalue weighted by atomic mass is 35.5. The molecular formula is C11H9ClN6O3. The minimum atomic E-state index is -0.910. The van der Waals surface area contributed by atoms with Gasteiger partial charge >= 0.3 is 17.8 Å². The molecule has 1 fully saturated rings. The van der Waals surface area contributed by atoms with Crippen LogP contribution in [0.2, 0.25) is 5.15 Å². The van der Waals surface area contributed by atoms with Crippen LogP contribution in [0.4, 0.5) is 4.79 Å². The van der Waals surface area contributed by atoms with E-state index in [0.717, 1.165) is 9.80 Å². The molecule has 0 saturated carbocycles. The van der Waals surface area contributed by atoms with Crippen molar-refractivity contribution in [1.29, 1.82) is 0 Å². The van der Waals surface area contributed by atoms with E-state index in [4.69, 9.17) is 11.6 Å². The Kier molecular flexibility index (Phi) is 2.87. The van der Waals surface area contributed by atoms with Crippen LogP contribution in [0.3, 0.4) is 0 Å². The van der Waals surface area contributed by atoms with Crippen molar-refractivity contribution >= 4 is 40.5 Å². The standard InChI is InChI=1S/C11H9ClN6O3/c1-16-9(19)10(20)18(11(16)21)4-6-14-7(12)5-3-13-17(2)8(5)15-6/h3H,4H2,1-2H3. The molecule has 0 bridgehead atoms. The second-order valence-electron chi connectivity index (χ2n) is 4.47. The summed E-state index contributed by atoms with van der Waals surface area (Å²) in [6, 6.07) is -0.713. The molecule has 108 valence electrons. The van der Waals surface area contributed by atoms with Crippen molar-refractivity contribution in [2.45, 2.75) is 6.54 Å². The molecule has 0 N–H and O–H groups in total. The average molecular weight is 309 g/mol. The van der Waals surface area contributed by atoms with E-state index < -0.39 is 17.8 Å². The van der Waals surface area contributed by atoms with Crippen molar-refractivity contribution in [1.82, 2.24) is 29.5 Å². The van der Waals surface area contributed by atoms with Gasteiger partial charge in [0.15, 0.2) is 11.5 Å². The molecule has 3 rings (SSSR count). The fourth-order valence-electron chi connectivity index (χ4n) is 2.00. The second-order valence-corrected chi connectivity index (χ2v) is 4.83. The van der Waals surface area contributed by atoms with Gasteiger partial charge < -0.3 is 0 Å². The predicted molar refractivity (Wildman–Crippen MR) is 70.0 cm³/mol. The van der Waals surface area contributed by atoms with Gasteiger partial charge in [-0.15, -0.1) is 0 Å². The molecule has 0 spiro atoms. The Balaban J connectivity index is 1.99. The van der Waals surface area contributed by atoms with Gasteiger partial charge in [-0.2, -0.15) is 5.10 Å². The first-order chi connectivity index (χ1) is 9.90. The molecule has 0 unspecified atom stereocenters. The summed E-state index contributed by atoms with van der Waals surface area (Å²) < 4.78 is 1.50. The third-order valence-corrected chi connectivity index (χ3v) is 3.43. The number of urea groups is 1. The van der Waals surface area contributed by atoms with Crippen LogP contribution in [-0.2, 0) is 23.2 Å².